The van der Waals surface area contributed by atoms with Gasteiger partial charge < -0.3 is 9.64 Å². The minimum Gasteiger partial charge on any atom is -0.370 e. The number of anilines is 1. The zero-order valence-electron chi connectivity index (χ0n) is 11.3. The molecule has 0 bridgehead atoms. The Balaban J connectivity index is 1.56. The number of thiazole rings is 1. The summed E-state index contributed by atoms with van der Waals surface area (Å²) in [7, 11) is 0. The fourth-order valence-electron chi connectivity index (χ4n) is 2.42. The molecule has 0 aliphatic carbocycles. The van der Waals surface area contributed by atoms with E-state index in [4.69, 9.17) is 4.74 Å². The maximum Gasteiger partial charge on any atom is 0.332 e. The second-order valence-electron chi connectivity index (χ2n) is 5.09. The lowest BCUT2D eigenvalue weighted by Gasteiger charge is -2.22. The number of quaternary nitrogens is 1. The lowest BCUT2D eigenvalue weighted by Crippen LogP contribution is -3.14. The SMILES string of the molecule is Cc1ccc2[nH+]c(NCC[NH+]3CCOCC3)sc2c1. The molecule has 0 atom stereocenters. The van der Waals surface area contributed by atoms with Gasteiger partial charge in [0.2, 0.25) is 0 Å². The maximum atomic E-state index is 5.37. The Bertz CT molecular complexity index is 549. The van der Waals surface area contributed by atoms with Crippen LogP contribution in [0.2, 0.25) is 0 Å². The van der Waals surface area contributed by atoms with Crippen LogP contribution >= 0.6 is 11.3 Å². The number of nitrogens with one attached hydrogen (secondary N) is 3. The van der Waals surface area contributed by atoms with Crippen molar-refractivity contribution in [2.24, 2.45) is 0 Å². The van der Waals surface area contributed by atoms with Crippen LogP contribution in [0.25, 0.3) is 10.2 Å². The Morgan fingerprint density at radius 1 is 1.37 bits per heavy atom. The number of H-pyrrole nitrogens is 1. The first-order chi connectivity index (χ1) is 9.31. The predicted octanol–water partition coefficient (Wildman–Crippen LogP) is 0.351. The van der Waals surface area contributed by atoms with Gasteiger partial charge in [0.25, 0.3) is 0 Å². The van der Waals surface area contributed by atoms with Gasteiger partial charge in [-0.2, -0.15) is 0 Å². The van der Waals surface area contributed by atoms with Crippen molar-refractivity contribution in [1.29, 1.82) is 0 Å². The molecule has 3 N–H and O–H groups in total. The third-order valence-corrected chi connectivity index (χ3v) is 4.57. The molecule has 1 aromatic heterocycles. The molecule has 0 spiro atoms. The first kappa shape index (κ1) is 12.8. The molecule has 3 rings (SSSR count). The fraction of sp³-hybridized carbons (Fsp3) is 0.500. The number of aromatic amines is 1. The van der Waals surface area contributed by atoms with Gasteiger partial charge in [0.15, 0.2) is 0 Å². The molecule has 1 saturated heterocycles. The number of aromatic nitrogens is 1. The van der Waals surface area contributed by atoms with E-state index < -0.39 is 0 Å². The van der Waals surface area contributed by atoms with Crippen LogP contribution in [0, 0.1) is 6.92 Å². The standard InChI is InChI=1S/C14H19N3OS/c1-11-2-3-12-13(10-11)19-14(16-12)15-4-5-17-6-8-18-9-7-17/h2-3,10H,4-9H2,1H3,(H,15,16)/p+2. The van der Waals surface area contributed by atoms with Crippen LogP contribution in [-0.2, 0) is 4.74 Å². The molecule has 0 saturated carbocycles. The largest absolute Gasteiger partial charge is 0.370 e. The first-order valence-corrected chi connectivity index (χ1v) is 7.70. The van der Waals surface area contributed by atoms with Crippen molar-refractivity contribution in [1.82, 2.24) is 0 Å². The summed E-state index contributed by atoms with van der Waals surface area (Å²) < 4.78 is 6.69. The second-order valence-corrected chi connectivity index (χ2v) is 6.15. The van der Waals surface area contributed by atoms with Gasteiger partial charge in [-0.25, -0.2) is 4.98 Å². The number of hydrogen-bond donors (Lipinski definition) is 2. The van der Waals surface area contributed by atoms with Gasteiger partial charge in [-0.05, 0) is 36.0 Å². The van der Waals surface area contributed by atoms with Gasteiger partial charge >= 0.3 is 5.13 Å². The summed E-state index contributed by atoms with van der Waals surface area (Å²) >= 11 is 1.80. The fourth-order valence-corrected chi connectivity index (χ4v) is 3.45. The molecule has 1 aliphatic rings. The Hall–Kier alpha value is -1.17. The molecule has 4 nitrogen and oxygen atoms in total. The van der Waals surface area contributed by atoms with Crippen molar-refractivity contribution in [3.05, 3.63) is 23.8 Å². The van der Waals surface area contributed by atoms with Gasteiger partial charge in [-0.15, -0.1) is 0 Å². The highest BCUT2D eigenvalue weighted by molar-refractivity contribution is 7.21. The summed E-state index contributed by atoms with van der Waals surface area (Å²) in [5.41, 5.74) is 2.53. The number of rotatable bonds is 4. The Morgan fingerprint density at radius 3 is 3.05 bits per heavy atom. The average molecular weight is 279 g/mol. The zero-order chi connectivity index (χ0) is 13.1. The molecule has 5 heteroatoms. The molecule has 1 aliphatic heterocycles. The number of aryl methyl sites for hydroxylation is 1. The van der Waals surface area contributed by atoms with Crippen molar-refractivity contribution in [3.63, 3.8) is 0 Å². The van der Waals surface area contributed by atoms with E-state index in [-0.39, 0.29) is 0 Å². The van der Waals surface area contributed by atoms with Crippen molar-refractivity contribution in [3.8, 4) is 0 Å². The van der Waals surface area contributed by atoms with Crippen molar-refractivity contribution in [2.45, 2.75) is 6.92 Å². The summed E-state index contributed by atoms with van der Waals surface area (Å²) in [4.78, 5) is 5.07. The Kier molecular flexibility index (Phi) is 3.96. The van der Waals surface area contributed by atoms with Crippen LogP contribution in [0.5, 0.6) is 0 Å². The van der Waals surface area contributed by atoms with Gasteiger partial charge in [0, 0.05) is 0 Å². The third kappa shape index (κ3) is 3.23. The number of hydrogen-bond acceptors (Lipinski definition) is 3. The van der Waals surface area contributed by atoms with Crippen LogP contribution in [-0.4, -0.2) is 39.4 Å². The summed E-state index contributed by atoms with van der Waals surface area (Å²) in [6.45, 7) is 8.39. The molecule has 102 valence electrons. The van der Waals surface area contributed by atoms with E-state index in [1.54, 1.807) is 16.2 Å². The average Bonchev–Trinajstić information content (AvgIpc) is 2.82. The smallest absolute Gasteiger partial charge is 0.332 e. The Labute approximate surface area is 117 Å². The summed E-state index contributed by atoms with van der Waals surface area (Å²) in [6, 6.07) is 6.53. The Morgan fingerprint density at radius 2 is 2.21 bits per heavy atom. The van der Waals surface area contributed by atoms with Gasteiger partial charge in [0.05, 0.1) is 17.9 Å². The van der Waals surface area contributed by atoms with E-state index in [1.807, 2.05) is 0 Å². The van der Waals surface area contributed by atoms with E-state index in [0.29, 0.717) is 0 Å². The lowest BCUT2D eigenvalue weighted by atomic mass is 10.2. The van der Waals surface area contributed by atoms with Gasteiger partial charge in [-0.3, -0.25) is 5.32 Å². The number of ether oxygens (including phenoxy) is 1. The minimum absolute atomic E-state index is 0.906. The first-order valence-electron chi connectivity index (χ1n) is 6.89. The highest BCUT2D eigenvalue weighted by Gasteiger charge is 2.15. The topological polar surface area (TPSA) is 39.8 Å². The van der Waals surface area contributed by atoms with Crippen LogP contribution in [0.1, 0.15) is 5.56 Å². The molecule has 1 aromatic carbocycles. The molecular weight excluding hydrogens is 258 g/mol. The molecule has 2 aromatic rings. The summed E-state index contributed by atoms with van der Waals surface area (Å²) in [6.07, 6.45) is 0. The molecule has 1 fully saturated rings. The molecule has 2 heterocycles. The lowest BCUT2D eigenvalue weighted by molar-refractivity contribution is -0.906. The highest BCUT2D eigenvalue weighted by Crippen LogP contribution is 2.22. The summed E-state index contributed by atoms with van der Waals surface area (Å²) in [5, 5.41) is 4.66. The van der Waals surface area contributed by atoms with Crippen LogP contribution in [0.15, 0.2) is 18.2 Å². The van der Waals surface area contributed by atoms with E-state index in [1.165, 1.54) is 15.8 Å². The van der Waals surface area contributed by atoms with Crippen molar-refractivity contribution >= 4 is 26.7 Å². The van der Waals surface area contributed by atoms with E-state index >= 15 is 0 Å². The maximum absolute atomic E-state index is 5.37. The highest BCUT2D eigenvalue weighted by atomic mass is 32.1. The van der Waals surface area contributed by atoms with E-state index in [9.17, 15) is 0 Å². The minimum atomic E-state index is 0.906. The van der Waals surface area contributed by atoms with Crippen molar-refractivity contribution in [2.75, 3.05) is 44.7 Å². The monoisotopic (exact) mass is 279 g/mol. The molecule has 19 heavy (non-hydrogen) atoms. The van der Waals surface area contributed by atoms with Gasteiger partial charge in [-0.1, -0.05) is 6.07 Å². The van der Waals surface area contributed by atoms with Crippen LogP contribution in [0.4, 0.5) is 5.13 Å². The third-order valence-electron chi connectivity index (χ3n) is 3.56. The zero-order valence-corrected chi connectivity index (χ0v) is 12.1. The van der Waals surface area contributed by atoms with E-state index in [2.05, 4.69) is 35.4 Å². The quantitative estimate of drug-likeness (QED) is 0.848. The summed E-state index contributed by atoms with van der Waals surface area (Å²) in [5.74, 6) is 0. The molecular formula is C14H21N3OS+2. The molecule has 0 unspecified atom stereocenters. The normalized spacial score (nSPS) is 16.9. The van der Waals surface area contributed by atoms with Crippen LogP contribution < -0.4 is 15.2 Å². The predicted molar refractivity (Wildman–Crippen MR) is 78.0 cm³/mol. The van der Waals surface area contributed by atoms with Crippen LogP contribution in [0.3, 0.4) is 0 Å². The number of benzene rings is 1. The van der Waals surface area contributed by atoms with E-state index in [0.717, 1.165) is 44.5 Å². The van der Waals surface area contributed by atoms with Gasteiger partial charge in [0.1, 0.15) is 31.7 Å². The molecule has 0 amide bonds. The second kappa shape index (κ2) is 5.86. The number of morpholine rings is 1. The number of fused-ring (bicyclic) bond motifs is 1. The van der Waals surface area contributed by atoms with Crippen molar-refractivity contribution < 1.29 is 14.6 Å². The molecule has 0 radical (unpaired) electrons.